The van der Waals surface area contributed by atoms with Crippen molar-refractivity contribution in [1.29, 1.82) is 0 Å². The molecule has 0 spiro atoms. The zero-order chi connectivity index (χ0) is 14.0. The molecular weight excluding hydrogens is 287 g/mol. The van der Waals surface area contributed by atoms with Crippen LogP contribution in [-0.2, 0) is 0 Å². The molecule has 3 nitrogen and oxygen atoms in total. The Kier molecular flexibility index (Phi) is 3.88. The second-order valence-corrected chi connectivity index (χ2v) is 4.60. The maximum atomic E-state index is 12.2. The van der Waals surface area contributed by atoms with Gasteiger partial charge in [-0.25, -0.2) is 4.79 Å². The second-order valence-electron chi connectivity index (χ2n) is 3.81. The Balaban J connectivity index is 2.39. The van der Waals surface area contributed by atoms with Gasteiger partial charge >= 0.3 is 5.97 Å². The van der Waals surface area contributed by atoms with Gasteiger partial charge in [0.25, 0.3) is 0 Å². The van der Waals surface area contributed by atoms with E-state index in [1.165, 1.54) is 24.3 Å². The molecule has 0 aromatic heterocycles. The highest BCUT2D eigenvalue weighted by Gasteiger charge is 2.15. The SMILES string of the molecule is O=C(O)c1ccc(C(=O)c2cccc(Cl)c2Cl)cc1. The maximum Gasteiger partial charge on any atom is 0.335 e. The third-order valence-corrected chi connectivity index (χ3v) is 3.41. The first-order chi connectivity index (χ1) is 9.00. The van der Waals surface area contributed by atoms with Crippen LogP contribution in [0, 0.1) is 0 Å². The number of ketones is 1. The highest BCUT2D eigenvalue weighted by molar-refractivity contribution is 6.44. The zero-order valence-corrected chi connectivity index (χ0v) is 11.1. The van der Waals surface area contributed by atoms with Gasteiger partial charge in [0.15, 0.2) is 5.78 Å². The second kappa shape index (κ2) is 5.43. The molecule has 0 aliphatic carbocycles. The fourth-order valence-corrected chi connectivity index (χ4v) is 1.99. The van der Waals surface area contributed by atoms with E-state index >= 15 is 0 Å². The van der Waals surface area contributed by atoms with E-state index in [0.29, 0.717) is 10.6 Å². The van der Waals surface area contributed by atoms with Crippen molar-refractivity contribution < 1.29 is 14.7 Å². The lowest BCUT2D eigenvalue weighted by molar-refractivity contribution is 0.0696. The summed E-state index contributed by atoms with van der Waals surface area (Å²) in [5.74, 6) is -1.34. The standard InChI is InChI=1S/C14H8Cl2O3/c15-11-3-1-2-10(12(11)16)13(17)8-4-6-9(7-5-8)14(18)19/h1-7H,(H,18,19). The van der Waals surface area contributed by atoms with Crippen LogP contribution in [0.15, 0.2) is 42.5 Å². The molecular formula is C14H8Cl2O3. The van der Waals surface area contributed by atoms with Crippen LogP contribution in [0.4, 0.5) is 0 Å². The van der Waals surface area contributed by atoms with Crippen LogP contribution < -0.4 is 0 Å². The summed E-state index contributed by atoms with van der Waals surface area (Å²) in [6, 6.07) is 10.4. The lowest BCUT2D eigenvalue weighted by Crippen LogP contribution is -2.03. The first kappa shape index (κ1) is 13.6. The average Bonchev–Trinajstić information content (AvgIpc) is 2.41. The van der Waals surface area contributed by atoms with Gasteiger partial charge in [0.2, 0.25) is 0 Å². The van der Waals surface area contributed by atoms with Crippen molar-refractivity contribution in [2.45, 2.75) is 0 Å². The van der Waals surface area contributed by atoms with Gasteiger partial charge in [0.05, 0.1) is 15.6 Å². The third kappa shape index (κ3) is 2.78. The van der Waals surface area contributed by atoms with Gasteiger partial charge in [-0.15, -0.1) is 0 Å². The number of rotatable bonds is 3. The van der Waals surface area contributed by atoms with E-state index in [9.17, 15) is 9.59 Å². The number of carboxylic acid groups (broad SMARTS) is 1. The van der Waals surface area contributed by atoms with Crippen molar-refractivity contribution in [1.82, 2.24) is 0 Å². The predicted molar refractivity (Wildman–Crippen MR) is 73.3 cm³/mol. The van der Waals surface area contributed by atoms with Crippen LogP contribution in [-0.4, -0.2) is 16.9 Å². The van der Waals surface area contributed by atoms with Gasteiger partial charge in [0.1, 0.15) is 0 Å². The lowest BCUT2D eigenvalue weighted by atomic mass is 10.0. The number of hydrogen-bond acceptors (Lipinski definition) is 2. The quantitative estimate of drug-likeness (QED) is 0.873. The minimum absolute atomic E-state index is 0.119. The number of hydrogen-bond donors (Lipinski definition) is 1. The molecule has 19 heavy (non-hydrogen) atoms. The minimum Gasteiger partial charge on any atom is -0.478 e. The molecule has 0 aliphatic heterocycles. The first-order valence-electron chi connectivity index (χ1n) is 5.33. The molecule has 0 saturated heterocycles. The number of carbonyl (C=O) groups is 2. The Morgan fingerprint density at radius 1 is 0.895 bits per heavy atom. The van der Waals surface area contributed by atoms with Gasteiger partial charge in [-0.3, -0.25) is 4.79 Å². The molecule has 0 fully saturated rings. The summed E-state index contributed by atoms with van der Waals surface area (Å²) in [6.45, 7) is 0. The van der Waals surface area contributed by atoms with E-state index in [0.717, 1.165) is 0 Å². The Hall–Kier alpha value is -1.84. The van der Waals surface area contributed by atoms with Gasteiger partial charge in [-0.2, -0.15) is 0 Å². The van der Waals surface area contributed by atoms with Crippen LogP contribution in [0.2, 0.25) is 10.0 Å². The number of aromatic carboxylic acids is 1. The van der Waals surface area contributed by atoms with Gasteiger partial charge < -0.3 is 5.11 Å². The topological polar surface area (TPSA) is 54.4 Å². The summed E-state index contributed by atoms with van der Waals surface area (Å²) in [7, 11) is 0. The molecule has 5 heteroatoms. The van der Waals surface area contributed by atoms with E-state index in [1.54, 1.807) is 18.2 Å². The van der Waals surface area contributed by atoms with Crippen molar-refractivity contribution in [2.24, 2.45) is 0 Å². The van der Waals surface area contributed by atoms with Gasteiger partial charge in [0, 0.05) is 11.1 Å². The largest absolute Gasteiger partial charge is 0.478 e. The molecule has 0 unspecified atom stereocenters. The molecule has 0 aliphatic rings. The number of benzene rings is 2. The summed E-state index contributed by atoms with van der Waals surface area (Å²) in [5, 5.41) is 9.28. The molecule has 2 rings (SSSR count). The molecule has 0 saturated carbocycles. The fraction of sp³-hybridized carbons (Fsp3) is 0. The maximum absolute atomic E-state index is 12.2. The normalized spacial score (nSPS) is 10.2. The van der Waals surface area contributed by atoms with Crippen LogP contribution in [0.3, 0.4) is 0 Å². The molecule has 0 bridgehead atoms. The minimum atomic E-state index is -1.04. The van der Waals surface area contributed by atoms with E-state index in [-0.39, 0.29) is 21.9 Å². The van der Waals surface area contributed by atoms with Crippen molar-refractivity contribution >= 4 is 35.0 Å². The smallest absolute Gasteiger partial charge is 0.335 e. The summed E-state index contributed by atoms with van der Waals surface area (Å²) >= 11 is 11.8. The number of halogens is 2. The fourth-order valence-electron chi connectivity index (χ4n) is 1.60. The van der Waals surface area contributed by atoms with Crippen molar-refractivity contribution in [3.63, 3.8) is 0 Å². The molecule has 2 aromatic carbocycles. The highest BCUT2D eigenvalue weighted by atomic mass is 35.5. The molecule has 2 aromatic rings. The summed E-state index contributed by atoms with van der Waals surface area (Å²) in [4.78, 5) is 22.9. The van der Waals surface area contributed by atoms with Crippen LogP contribution in [0.1, 0.15) is 26.3 Å². The third-order valence-electron chi connectivity index (χ3n) is 2.59. The van der Waals surface area contributed by atoms with Gasteiger partial charge in [-0.1, -0.05) is 41.4 Å². The average molecular weight is 295 g/mol. The summed E-state index contributed by atoms with van der Waals surface area (Å²) < 4.78 is 0. The number of carbonyl (C=O) groups excluding carboxylic acids is 1. The number of carboxylic acids is 1. The Morgan fingerprint density at radius 2 is 1.47 bits per heavy atom. The molecule has 0 amide bonds. The monoisotopic (exact) mass is 294 g/mol. The van der Waals surface area contributed by atoms with Crippen molar-refractivity contribution in [2.75, 3.05) is 0 Å². The molecule has 96 valence electrons. The first-order valence-corrected chi connectivity index (χ1v) is 6.08. The summed E-state index contributed by atoms with van der Waals surface area (Å²) in [5.41, 5.74) is 0.764. The summed E-state index contributed by atoms with van der Waals surface area (Å²) in [6.07, 6.45) is 0. The molecule has 0 atom stereocenters. The Labute approximate surface area is 119 Å². The zero-order valence-electron chi connectivity index (χ0n) is 9.56. The lowest BCUT2D eigenvalue weighted by Gasteiger charge is -2.05. The molecule has 0 radical (unpaired) electrons. The predicted octanol–water partition coefficient (Wildman–Crippen LogP) is 3.92. The van der Waals surface area contributed by atoms with E-state index in [4.69, 9.17) is 28.3 Å². The van der Waals surface area contributed by atoms with Crippen molar-refractivity contribution in [3.8, 4) is 0 Å². The molecule has 1 N–H and O–H groups in total. The Bertz CT molecular complexity index is 648. The van der Waals surface area contributed by atoms with Crippen LogP contribution in [0.5, 0.6) is 0 Å². The van der Waals surface area contributed by atoms with E-state index in [2.05, 4.69) is 0 Å². The van der Waals surface area contributed by atoms with E-state index in [1.807, 2.05) is 0 Å². The van der Waals surface area contributed by atoms with E-state index < -0.39 is 5.97 Å². The Morgan fingerprint density at radius 3 is 2.05 bits per heavy atom. The van der Waals surface area contributed by atoms with Crippen LogP contribution in [0.25, 0.3) is 0 Å². The van der Waals surface area contributed by atoms with Crippen molar-refractivity contribution in [3.05, 3.63) is 69.2 Å². The molecule has 0 heterocycles. The van der Waals surface area contributed by atoms with Crippen LogP contribution >= 0.6 is 23.2 Å². The highest BCUT2D eigenvalue weighted by Crippen LogP contribution is 2.27. The van der Waals surface area contributed by atoms with Gasteiger partial charge in [-0.05, 0) is 24.3 Å².